The molecule has 0 fully saturated rings. The highest BCUT2D eigenvalue weighted by molar-refractivity contribution is 6.30. The Morgan fingerprint density at radius 2 is 2.09 bits per heavy atom. The summed E-state index contributed by atoms with van der Waals surface area (Å²) in [4.78, 5) is 28.3. The molecule has 1 atom stereocenters. The number of ether oxygens (including phenoxy) is 2. The number of esters is 1. The van der Waals surface area contributed by atoms with Crippen molar-refractivity contribution in [1.29, 1.82) is 0 Å². The van der Waals surface area contributed by atoms with Crippen LogP contribution in [0.5, 0.6) is 0 Å². The summed E-state index contributed by atoms with van der Waals surface area (Å²) in [5.74, 6) is -1.01. The van der Waals surface area contributed by atoms with E-state index < -0.39 is 12.1 Å². The Bertz CT molecular complexity index is 720. The fraction of sp³-hybridized carbons (Fsp3) is 0.312. The second kappa shape index (κ2) is 7.89. The Hall–Kier alpha value is -2.18. The van der Waals surface area contributed by atoms with Gasteiger partial charge in [0.15, 0.2) is 6.10 Å². The van der Waals surface area contributed by atoms with E-state index in [9.17, 15) is 9.59 Å². The fourth-order valence-corrected chi connectivity index (χ4v) is 2.21. The van der Waals surface area contributed by atoms with Crippen molar-refractivity contribution in [3.8, 4) is 0 Å². The third-order valence-electron chi connectivity index (χ3n) is 3.16. The van der Waals surface area contributed by atoms with Gasteiger partial charge in [0.05, 0.1) is 17.7 Å². The first kappa shape index (κ1) is 17.2. The Morgan fingerprint density at radius 1 is 1.35 bits per heavy atom. The molecule has 0 unspecified atom stereocenters. The second-order valence-corrected chi connectivity index (χ2v) is 5.23. The number of carbonyl (C=O) groups excluding carboxylic acids is 2. The number of aromatic nitrogens is 1. The molecular formula is C16H17ClN2O4. The summed E-state index contributed by atoms with van der Waals surface area (Å²) in [6.07, 6.45) is -0.926. The number of para-hydroxylation sites is 1. The van der Waals surface area contributed by atoms with E-state index in [4.69, 9.17) is 21.1 Å². The molecule has 0 saturated carbocycles. The highest BCUT2D eigenvalue weighted by atomic mass is 35.5. The molecular weight excluding hydrogens is 320 g/mol. The minimum absolute atomic E-state index is 0.188. The number of rotatable bonds is 6. The van der Waals surface area contributed by atoms with E-state index in [1.54, 1.807) is 24.3 Å². The number of hydrogen-bond donors (Lipinski definition) is 1. The van der Waals surface area contributed by atoms with Crippen molar-refractivity contribution in [3.63, 3.8) is 0 Å². The van der Waals surface area contributed by atoms with Crippen LogP contribution in [0.1, 0.15) is 17.3 Å². The first-order valence-electron chi connectivity index (χ1n) is 7.06. The molecule has 1 amide bonds. The monoisotopic (exact) mass is 336 g/mol. The highest BCUT2D eigenvalue weighted by Gasteiger charge is 2.20. The molecule has 2 rings (SSSR count). The molecule has 122 valence electrons. The Labute approximate surface area is 138 Å². The molecule has 2 aromatic rings. The van der Waals surface area contributed by atoms with E-state index in [1.807, 2.05) is 0 Å². The van der Waals surface area contributed by atoms with Crippen LogP contribution in [0.25, 0.3) is 10.9 Å². The molecule has 0 aliphatic rings. The summed E-state index contributed by atoms with van der Waals surface area (Å²) in [6, 6.07) is 8.52. The van der Waals surface area contributed by atoms with E-state index in [2.05, 4.69) is 10.3 Å². The minimum atomic E-state index is -0.926. The van der Waals surface area contributed by atoms with Gasteiger partial charge in [-0.2, -0.15) is 0 Å². The zero-order valence-electron chi connectivity index (χ0n) is 12.8. The van der Waals surface area contributed by atoms with E-state index in [1.165, 1.54) is 20.1 Å². The number of fused-ring (bicyclic) bond motifs is 1. The lowest BCUT2D eigenvalue weighted by molar-refractivity contribution is -0.129. The van der Waals surface area contributed by atoms with Crippen molar-refractivity contribution in [1.82, 2.24) is 10.3 Å². The largest absolute Gasteiger partial charge is 0.449 e. The maximum absolute atomic E-state index is 12.3. The van der Waals surface area contributed by atoms with Crippen LogP contribution >= 0.6 is 11.6 Å². The summed E-state index contributed by atoms with van der Waals surface area (Å²) < 4.78 is 10.1. The number of benzene rings is 1. The molecule has 1 N–H and O–H groups in total. The first-order chi connectivity index (χ1) is 11.0. The number of pyridine rings is 1. The average molecular weight is 337 g/mol. The topological polar surface area (TPSA) is 77.5 Å². The number of nitrogens with zero attached hydrogens (tertiary/aromatic N) is 1. The molecule has 23 heavy (non-hydrogen) atoms. The Morgan fingerprint density at radius 3 is 2.83 bits per heavy atom. The highest BCUT2D eigenvalue weighted by Crippen LogP contribution is 2.21. The number of methoxy groups -OCH3 is 1. The number of halogens is 1. The minimum Gasteiger partial charge on any atom is -0.449 e. The van der Waals surface area contributed by atoms with Gasteiger partial charge >= 0.3 is 5.97 Å². The lowest BCUT2D eigenvalue weighted by Crippen LogP contribution is -2.37. The van der Waals surface area contributed by atoms with Crippen LogP contribution in [-0.4, -0.2) is 43.2 Å². The third kappa shape index (κ3) is 4.40. The van der Waals surface area contributed by atoms with Crippen LogP contribution in [0.15, 0.2) is 30.3 Å². The van der Waals surface area contributed by atoms with Gasteiger partial charge in [-0.25, -0.2) is 9.78 Å². The lowest BCUT2D eigenvalue weighted by atomic mass is 10.1. The second-order valence-electron chi connectivity index (χ2n) is 4.84. The molecule has 1 aromatic carbocycles. The summed E-state index contributed by atoms with van der Waals surface area (Å²) in [5, 5.41) is 3.42. The molecule has 1 heterocycles. The van der Waals surface area contributed by atoms with Crippen molar-refractivity contribution in [2.75, 3.05) is 20.3 Å². The van der Waals surface area contributed by atoms with Crippen LogP contribution < -0.4 is 5.32 Å². The maximum atomic E-state index is 12.3. The van der Waals surface area contributed by atoms with E-state index in [0.717, 1.165) is 0 Å². The first-order valence-corrected chi connectivity index (χ1v) is 7.43. The Balaban J connectivity index is 2.13. The quantitative estimate of drug-likeness (QED) is 0.497. The van der Waals surface area contributed by atoms with Gasteiger partial charge in [-0.3, -0.25) is 4.79 Å². The van der Waals surface area contributed by atoms with Crippen LogP contribution in [0.4, 0.5) is 0 Å². The molecule has 0 spiro atoms. The number of carbonyl (C=O) groups is 2. The van der Waals surface area contributed by atoms with Gasteiger partial charge < -0.3 is 14.8 Å². The third-order valence-corrected chi connectivity index (χ3v) is 3.36. The van der Waals surface area contributed by atoms with Gasteiger partial charge in [0.1, 0.15) is 5.15 Å². The van der Waals surface area contributed by atoms with Crippen LogP contribution in [0.2, 0.25) is 5.15 Å². The van der Waals surface area contributed by atoms with Crippen LogP contribution in [0, 0.1) is 0 Å². The molecule has 0 aliphatic carbocycles. The Kier molecular flexibility index (Phi) is 5.90. The van der Waals surface area contributed by atoms with Crippen LogP contribution in [-0.2, 0) is 14.3 Å². The lowest BCUT2D eigenvalue weighted by Gasteiger charge is -2.14. The molecule has 7 heteroatoms. The van der Waals surface area contributed by atoms with Gasteiger partial charge in [-0.05, 0) is 19.1 Å². The van der Waals surface area contributed by atoms with E-state index in [0.29, 0.717) is 24.1 Å². The van der Waals surface area contributed by atoms with E-state index >= 15 is 0 Å². The van der Waals surface area contributed by atoms with Crippen LogP contribution in [0.3, 0.4) is 0 Å². The summed E-state index contributed by atoms with van der Waals surface area (Å²) in [7, 11) is 1.54. The van der Waals surface area contributed by atoms with E-state index in [-0.39, 0.29) is 16.6 Å². The predicted molar refractivity (Wildman–Crippen MR) is 86.5 cm³/mol. The molecule has 1 aromatic heterocycles. The van der Waals surface area contributed by atoms with Crippen molar-refractivity contribution in [3.05, 3.63) is 41.0 Å². The summed E-state index contributed by atoms with van der Waals surface area (Å²) in [5.41, 5.74) is 0.862. The zero-order chi connectivity index (χ0) is 16.8. The maximum Gasteiger partial charge on any atom is 0.339 e. The average Bonchev–Trinajstić information content (AvgIpc) is 2.53. The molecule has 0 aliphatic heterocycles. The molecule has 0 bridgehead atoms. The van der Waals surface area contributed by atoms with Crippen molar-refractivity contribution < 1.29 is 19.1 Å². The zero-order valence-corrected chi connectivity index (χ0v) is 13.6. The normalized spacial score (nSPS) is 12.0. The standard InChI is InChI=1S/C16H17ClN2O4/c1-10(15(20)18-7-8-22-2)23-16(21)12-9-14(17)19-13-6-4-3-5-11(12)13/h3-6,9-10H,7-8H2,1-2H3,(H,18,20)/t10-/m0/s1. The van der Waals surface area contributed by atoms with Gasteiger partial charge in [-0.15, -0.1) is 0 Å². The SMILES string of the molecule is COCCNC(=O)[C@H](C)OC(=O)c1cc(Cl)nc2ccccc12. The predicted octanol–water partition coefficient (Wildman–Crippen LogP) is 2.20. The van der Waals surface area contributed by atoms with Crippen molar-refractivity contribution in [2.24, 2.45) is 0 Å². The van der Waals surface area contributed by atoms with Gasteiger partial charge in [0, 0.05) is 19.0 Å². The van der Waals surface area contributed by atoms with Gasteiger partial charge in [0.25, 0.3) is 5.91 Å². The number of nitrogens with one attached hydrogen (secondary N) is 1. The van der Waals surface area contributed by atoms with Crippen molar-refractivity contribution in [2.45, 2.75) is 13.0 Å². The number of amides is 1. The number of hydrogen-bond acceptors (Lipinski definition) is 5. The summed E-state index contributed by atoms with van der Waals surface area (Å²) >= 11 is 5.94. The molecule has 0 radical (unpaired) electrons. The van der Waals surface area contributed by atoms with Gasteiger partial charge in [-0.1, -0.05) is 29.8 Å². The molecule has 6 nitrogen and oxygen atoms in total. The smallest absolute Gasteiger partial charge is 0.339 e. The van der Waals surface area contributed by atoms with Gasteiger partial charge in [0.2, 0.25) is 0 Å². The molecule has 0 saturated heterocycles. The summed E-state index contributed by atoms with van der Waals surface area (Å²) in [6.45, 7) is 2.24. The fourth-order valence-electron chi connectivity index (χ4n) is 2.01. The van der Waals surface area contributed by atoms with Crippen molar-refractivity contribution >= 4 is 34.4 Å².